The van der Waals surface area contributed by atoms with Crippen LogP contribution in [0.25, 0.3) is 17.2 Å². The summed E-state index contributed by atoms with van der Waals surface area (Å²) in [6.45, 7) is 11.2. The number of H-pyrrole nitrogens is 1. The molecule has 2 aromatic rings. The Balaban J connectivity index is 2.62. The average Bonchev–Trinajstić information content (AvgIpc) is 3.07. The second kappa shape index (κ2) is 6.54. The summed E-state index contributed by atoms with van der Waals surface area (Å²) in [5.41, 5.74) is 2.62. The first kappa shape index (κ1) is 17.2. The molecule has 0 radical (unpaired) electrons. The summed E-state index contributed by atoms with van der Waals surface area (Å²) in [7, 11) is 0. The Labute approximate surface area is 140 Å². The second-order valence-electron chi connectivity index (χ2n) is 6.14. The standard InChI is InChI=1S/C18H21NO3S/c1-6-11-15(12-8-9-23-14(12)7-2)13(10-20)19-16(11)17(21)22-18(3,4)5/h7-10,19H,2,6H2,1,3-5H3. The molecule has 0 fully saturated rings. The Hall–Kier alpha value is -2.14. The Morgan fingerprint density at radius 1 is 1.43 bits per heavy atom. The van der Waals surface area contributed by atoms with Gasteiger partial charge in [0.2, 0.25) is 0 Å². The zero-order valence-electron chi connectivity index (χ0n) is 13.9. The van der Waals surface area contributed by atoms with E-state index in [9.17, 15) is 9.59 Å². The normalized spacial score (nSPS) is 11.3. The van der Waals surface area contributed by atoms with Crippen molar-refractivity contribution in [2.24, 2.45) is 0 Å². The van der Waals surface area contributed by atoms with Gasteiger partial charge in [-0.05, 0) is 44.2 Å². The van der Waals surface area contributed by atoms with Crippen molar-refractivity contribution in [1.29, 1.82) is 0 Å². The van der Waals surface area contributed by atoms with Crippen LogP contribution in [0.2, 0.25) is 0 Å². The number of aldehydes is 1. The number of thiophene rings is 1. The number of aromatic nitrogens is 1. The molecule has 0 aliphatic heterocycles. The SMILES string of the molecule is C=Cc1sccc1-c1c(C=O)[nH]c(C(=O)OC(C)(C)C)c1CC. The van der Waals surface area contributed by atoms with Crippen LogP contribution in [0.15, 0.2) is 18.0 Å². The van der Waals surface area contributed by atoms with E-state index in [0.717, 1.165) is 27.9 Å². The van der Waals surface area contributed by atoms with Crippen LogP contribution in [0.5, 0.6) is 0 Å². The molecule has 0 unspecified atom stereocenters. The number of aromatic amines is 1. The van der Waals surface area contributed by atoms with E-state index in [1.165, 1.54) is 0 Å². The van der Waals surface area contributed by atoms with Crippen LogP contribution >= 0.6 is 11.3 Å². The molecule has 0 bridgehead atoms. The number of esters is 1. The van der Waals surface area contributed by atoms with Gasteiger partial charge >= 0.3 is 5.97 Å². The third-order valence-corrected chi connectivity index (χ3v) is 4.27. The maximum Gasteiger partial charge on any atom is 0.355 e. The smallest absolute Gasteiger partial charge is 0.355 e. The first-order valence-corrected chi connectivity index (χ1v) is 8.34. The predicted octanol–water partition coefficient (Wildman–Crippen LogP) is 4.72. The molecule has 2 heterocycles. The lowest BCUT2D eigenvalue weighted by Crippen LogP contribution is -2.24. The highest BCUT2D eigenvalue weighted by molar-refractivity contribution is 7.11. The van der Waals surface area contributed by atoms with Gasteiger partial charge in [0.15, 0.2) is 6.29 Å². The molecular weight excluding hydrogens is 310 g/mol. The molecule has 2 rings (SSSR count). The molecule has 122 valence electrons. The highest BCUT2D eigenvalue weighted by atomic mass is 32.1. The first-order chi connectivity index (χ1) is 10.8. The van der Waals surface area contributed by atoms with E-state index in [2.05, 4.69) is 11.6 Å². The molecule has 0 atom stereocenters. The van der Waals surface area contributed by atoms with Crippen LogP contribution in [0.4, 0.5) is 0 Å². The molecular formula is C18H21NO3S. The minimum atomic E-state index is -0.594. The third-order valence-electron chi connectivity index (χ3n) is 3.36. The van der Waals surface area contributed by atoms with Crippen molar-refractivity contribution in [3.05, 3.63) is 39.9 Å². The van der Waals surface area contributed by atoms with Crippen LogP contribution in [0, 0.1) is 0 Å². The summed E-state index contributed by atoms with van der Waals surface area (Å²) in [4.78, 5) is 27.9. The first-order valence-electron chi connectivity index (χ1n) is 7.46. The lowest BCUT2D eigenvalue weighted by molar-refractivity contribution is 0.00624. The van der Waals surface area contributed by atoms with Crippen molar-refractivity contribution in [3.8, 4) is 11.1 Å². The number of hydrogen-bond donors (Lipinski definition) is 1. The van der Waals surface area contributed by atoms with Gasteiger partial charge < -0.3 is 9.72 Å². The summed E-state index contributed by atoms with van der Waals surface area (Å²) < 4.78 is 5.45. The van der Waals surface area contributed by atoms with Gasteiger partial charge in [0, 0.05) is 16.0 Å². The van der Waals surface area contributed by atoms with E-state index in [1.807, 2.05) is 39.1 Å². The number of carbonyl (C=O) groups excluding carboxylic acids is 2. The van der Waals surface area contributed by atoms with E-state index in [1.54, 1.807) is 17.4 Å². The highest BCUT2D eigenvalue weighted by Crippen LogP contribution is 2.36. The van der Waals surface area contributed by atoms with Crippen molar-refractivity contribution in [1.82, 2.24) is 4.98 Å². The molecule has 5 heteroatoms. The van der Waals surface area contributed by atoms with Gasteiger partial charge in [-0.25, -0.2) is 4.79 Å². The topological polar surface area (TPSA) is 59.2 Å². The van der Waals surface area contributed by atoms with Gasteiger partial charge in [0.1, 0.15) is 11.3 Å². The summed E-state index contributed by atoms with van der Waals surface area (Å²) in [5, 5.41) is 1.94. The number of nitrogens with one attached hydrogen (secondary N) is 1. The van der Waals surface area contributed by atoms with Crippen LogP contribution in [-0.2, 0) is 11.2 Å². The van der Waals surface area contributed by atoms with Gasteiger partial charge in [0.25, 0.3) is 0 Å². The fourth-order valence-electron chi connectivity index (χ4n) is 2.50. The molecule has 0 saturated heterocycles. The Bertz CT molecular complexity index is 747. The average molecular weight is 331 g/mol. The van der Waals surface area contributed by atoms with Crippen molar-refractivity contribution < 1.29 is 14.3 Å². The van der Waals surface area contributed by atoms with E-state index in [4.69, 9.17) is 4.74 Å². The molecule has 4 nitrogen and oxygen atoms in total. The lowest BCUT2D eigenvalue weighted by Gasteiger charge is -2.19. The number of ether oxygens (including phenoxy) is 1. The van der Waals surface area contributed by atoms with E-state index >= 15 is 0 Å². The van der Waals surface area contributed by atoms with Gasteiger partial charge in [-0.2, -0.15) is 0 Å². The van der Waals surface area contributed by atoms with Crippen LogP contribution < -0.4 is 0 Å². The molecule has 23 heavy (non-hydrogen) atoms. The van der Waals surface area contributed by atoms with Crippen LogP contribution in [0.1, 0.15) is 59.1 Å². The zero-order chi connectivity index (χ0) is 17.2. The van der Waals surface area contributed by atoms with E-state index in [-0.39, 0.29) is 0 Å². The van der Waals surface area contributed by atoms with Gasteiger partial charge in [-0.3, -0.25) is 4.79 Å². The monoisotopic (exact) mass is 331 g/mol. The third kappa shape index (κ3) is 3.45. The molecule has 1 N–H and O–H groups in total. The fourth-order valence-corrected chi connectivity index (χ4v) is 3.24. The molecule has 0 spiro atoms. The van der Waals surface area contributed by atoms with Crippen LogP contribution in [0.3, 0.4) is 0 Å². The predicted molar refractivity (Wildman–Crippen MR) is 94.1 cm³/mol. The molecule has 0 amide bonds. The lowest BCUT2D eigenvalue weighted by atomic mass is 9.99. The highest BCUT2D eigenvalue weighted by Gasteiger charge is 2.26. The zero-order valence-corrected chi connectivity index (χ0v) is 14.7. The Morgan fingerprint density at radius 2 is 2.13 bits per heavy atom. The van der Waals surface area contributed by atoms with Crippen LogP contribution in [-0.4, -0.2) is 22.8 Å². The molecule has 0 aliphatic carbocycles. The molecule has 0 aromatic carbocycles. The Morgan fingerprint density at radius 3 is 2.65 bits per heavy atom. The molecule has 2 aromatic heterocycles. The Kier molecular flexibility index (Phi) is 4.90. The summed E-state index contributed by atoms with van der Waals surface area (Å²) >= 11 is 1.55. The van der Waals surface area contributed by atoms with Gasteiger partial charge in [-0.1, -0.05) is 19.6 Å². The number of hydrogen-bond acceptors (Lipinski definition) is 4. The molecule has 0 aliphatic rings. The van der Waals surface area contributed by atoms with Crippen molar-refractivity contribution >= 4 is 29.7 Å². The van der Waals surface area contributed by atoms with E-state index in [0.29, 0.717) is 17.8 Å². The second-order valence-corrected chi connectivity index (χ2v) is 7.09. The quantitative estimate of drug-likeness (QED) is 0.637. The maximum atomic E-state index is 12.5. The minimum Gasteiger partial charge on any atom is -0.455 e. The number of rotatable bonds is 5. The summed E-state index contributed by atoms with van der Waals surface area (Å²) in [5.74, 6) is -0.445. The largest absolute Gasteiger partial charge is 0.455 e. The minimum absolute atomic E-state index is 0.348. The number of carbonyl (C=O) groups is 2. The molecule has 0 saturated carbocycles. The van der Waals surface area contributed by atoms with E-state index < -0.39 is 11.6 Å². The summed E-state index contributed by atoms with van der Waals surface area (Å²) in [6, 6.07) is 1.94. The van der Waals surface area contributed by atoms with Crippen molar-refractivity contribution in [2.75, 3.05) is 0 Å². The maximum absolute atomic E-state index is 12.5. The van der Waals surface area contributed by atoms with Crippen molar-refractivity contribution in [3.63, 3.8) is 0 Å². The summed E-state index contributed by atoms with van der Waals surface area (Å²) in [6.07, 6.45) is 3.11. The van der Waals surface area contributed by atoms with Gasteiger partial charge in [-0.15, -0.1) is 11.3 Å². The van der Waals surface area contributed by atoms with Crippen molar-refractivity contribution in [2.45, 2.75) is 39.7 Å². The fraction of sp³-hybridized carbons (Fsp3) is 0.333. The van der Waals surface area contributed by atoms with Gasteiger partial charge in [0.05, 0.1) is 5.69 Å².